The van der Waals surface area contributed by atoms with Crippen molar-refractivity contribution in [1.29, 1.82) is 0 Å². The predicted octanol–water partition coefficient (Wildman–Crippen LogP) is 0.938. The summed E-state index contributed by atoms with van der Waals surface area (Å²) >= 11 is 1.15. The van der Waals surface area contributed by atoms with Gasteiger partial charge in [-0.05, 0) is 37.2 Å². The highest BCUT2D eigenvalue weighted by Crippen LogP contribution is 2.40. The van der Waals surface area contributed by atoms with E-state index in [-0.39, 0.29) is 18.4 Å². The van der Waals surface area contributed by atoms with E-state index in [4.69, 9.17) is 5.11 Å². The molecule has 2 fully saturated rings. The highest BCUT2D eigenvalue weighted by molar-refractivity contribution is 7.08. The van der Waals surface area contributed by atoms with Crippen molar-refractivity contribution in [2.24, 2.45) is 5.41 Å². The second kappa shape index (κ2) is 7.14. The lowest BCUT2D eigenvalue weighted by molar-refractivity contribution is -0.146. The van der Waals surface area contributed by atoms with Gasteiger partial charge in [-0.1, -0.05) is 17.8 Å². The molecule has 132 valence electrons. The van der Waals surface area contributed by atoms with Gasteiger partial charge in [-0.2, -0.15) is 0 Å². The Bertz CT molecular complexity index is 618. The van der Waals surface area contributed by atoms with E-state index in [9.17, 15) is 9.59 Å². The number of aliphatic hydroxyl groups is 1. The van der Waals surface area contributed by atoms with Crippen molar-refractivity contribution in [3.8, 4) is 0 Å². The van der Waals surface area contributed by atoms with Gasteiger partial charge in [0.1, 0.15) is 4.88 Å². The molecule has 0 radical (unpaired) electrons. The topological polar surface area (TPSA) is 86.6 Å². The normalized spacial score (nSPS) is 24.2. The van der Waals surface area contributed by atoms with Crippen molar-refractivity contribution < 1.29 is 14.7 Å². The van der Waals surface area contributed by atoms with E-state index in [2.05, 4.69) is 16.5 Å². The number of likely N-dealkylation sites (tertiary alicyclic amines) is 2. The molecule has 2 aliphatic heterocycles. The molecule has 3 rings (SSSR count). The van der Waals surface area contributed by atoms with Crippen LogP contribution in [0.5, 0.6) is 0 Å². The third-order valence-electron chi connectivity index (χ3n) is 5.07. The highest BCUT2D eigenvalue weighted by Gasteiger charge is 2.49. The van der Waals surface area contributed by atoms with E-state index >= 15 is 0 Å². The van der Waals surface area contributed by atoms with Gasteiger partial charge in [0.05, 0.1) is 17.7 Å². The summed E-state index contributed by atoms with van der Waals surface area (Å²) in [7, 11) is 0. The summed E-state index contributed by atoms with van der Waals surface area (Å²) in [6, 6.07) is 0. The Labute approximate surface area is 145 Å². The number of aliphatic hydroxyl groups excluding tert-OH is 1. The summed E-state index contributed by atoms with van der Waals surface area (Å²) in [4.78, 5) is 29.8. The first-order valence-corrected chi connectivity index (χ1v) is 9.39. The van der Waals surface area contributed by atoms with Crippen LogP contribution in [0, 0.1) is 5.41 Å². The molecule has 0 aromatic carbocycles. The summed E-state index contributed by atoms with van der Waals surface area (Å²) in [5.41, 5.74) is 0.303. The minimum Gasteiger partial charge on any atom is -0.395 e. The smallest absolute Gasteiger partial charge is 0.267 e. The van der Waals surface area contributed by atoms with Crippen LogP contribution in [-0.4, -0.2) is 69.1 Å². The molecule has 1 aromatic heterocycles. The van der Waals surface area contributed by atoms with E-state index in [0.717, 1.165) is 42.9 Å². The molecular weight excluding hydrogens is 328 g/mol. The number of carbonyl (C=O) groups is 2. The van der Waals surface area contributed by atoms with Gasteiger partial charge in [0.25, 0.3) is 5.91 Å². The minimum atomic E-state index is -0.466. The van der Waals surface area contributed by atoms with E-state index in [0.29, 0.717) is 37.5 Å². The second-order valence-corrected chi connectivity index (χ2v) is 7.43. The molecule has 2 aliphatic rings. The van der Waals surface area contributed by atoms with Gasteiger partial charge in [0.15, 0.2) is 0 Å². The molecule has 7 nitrogen and oxygen atoms in total. The van der Waals surface area contributed by atoms with Crippen molar-refractivity contribution in [2.45, 2.75) is 39.0 Å². The number of nitrogens with zero attached hydrogens (tertiary/aromatic N) is 4. The zero-order valence-electron chi connectivity index (χ0n) is 14.0. The third kappa shape index (κ3) is 3.04. The van der Waals surface area contributed by atoms with Gasteiger partial charge < -0.3 is 14.9 Å². The van der Waals surface area contributed by atoms with Crippen LogP contribution in [0.25, 0.3) is 0 Å². The molecule has 0 bridgehead atoms. The van der Waals surface area contributed by atoms with Crippen molar-refractivity contribution >= 4 is 23.3 Å². The van der Waals surface area contributed by atoms with Crippen molar-refractivity contribution in [3.05, 3.63) is 10.6 Å². The van der Waals surface area contributed by atoms with Crippen LogP contribution in [0.4, 0.5) is 0 Å². The number of carbonyl (C=O) groups excluding carboxylic acids is 2. The van der Waals surface area contributed by atoms with Gasteiger partial charge in [-0.25, -0.2) is 0 Å². The number of piperidine rings is 1. The van der Waals surface area contributed by atoms with Gasteiger partial charge in [0, 0.05) is 26.2 Å². The first kappa shape index (κ1) is 17.3. The fourth-order valence-electron chi connectivity index (χ4n) is 3.83. The monoisotopic (exact) mass is 352 g/mol. The molecule has 1 spiro atoms. The number of hydrogen-bond acceptors (Lipinski definition) is 6. The fourth-order valence-corrected chi connectivity index (χ4v) is 4.50. The Morgan fingerprint density at radius 1 is 1.38 bits per heavy atom. The maximum atomic E-state index is 12.8. The van der Waals surface area contributed by atoms with Crippen LogP contribution in [0.3, 0.4) is 0 Å². The lowest BCUT2D eigenvalue weighted by Crippen LogP contribution is -2.51. The van der Waals surface area contributed by atoms with Crippen LogP contribution in [0.2, 0.25) is 0 Å². The molecule has 1 N–H and O–H groups in total. The van der Waals surface area contributed by atoms with Crippen molar-refractivity contribution in [1.82, 2.24) is 19.4 Å². The average Bonchev–Trinajstić information content (AvgIpc) is 3.20. The van der Waals surface area contributed by atoms with Crippen molar-refractivity contribution in [3.63, 3.8) is 0 Å². The number of β-amino-alcohol motifs (C(OH)–C–C–N with tert-alkyl or cyclic N) is 1. The minimum absolute atomic E-state index is 0.0165. The molecule has 1 aromatic rings. The number of aromatic nitrogens is 2. The molecule has 0 aliphatic carbocycles. The number of rotatable bonds is 5. The van der Waals surface area contributed by atoms with Crippen LogP contribution < -0.4 is 0 Å². The maximum absolute atomic E-state index is 12.8. The molecule has 0 saturated carbocycles. The molecule has 0 unspecified atom stereocenters. The first-order chi connectivity index (χ1) is 11.6. The third-order valence-corrected chi connectivity index (χ3v) is 5.83. The summed E-state index contributed by atoms with van der Waals surface area (Å²) in [6.07, 6.45) is 4.12. The maximum Gasteiger partial charge on any atom is 0.267 e. The second-order valence-electron chi connectivity index (χ2n) is 6.68. The van der Waals surface area contributed by atoms with Crippen LogP contribution in [0.1, 0.15) is 48.0 Å². The van der Waals surface area contributed by atoms with Gasteiger partial charge in [0.2, 0.25) is 5.91 Å². The molecular formula is C16H24N4O3S. The molecule has 2 saturated heterocycles. The summed E-state index contributed by atoms with van der Waals surface area (Å²) in [6.45, 7) is 4.19. The lowest BCUT2D eigenvalue weighted by atomic mass is 9.78. The zero-order chi connectivity index (χ0) is 17.2. The number of amides is 2. The van der Waals surface area contributed by atoms with E-state index < -0.39 is 5.41 Å². The van der Waals surface area contributed by atoms with Crippen LogP contribution in [-0.2, 0) is 11.2 Å². The van der Waals surface area contributed by atoms with E-state index in [1.54, 1.807) is 9.80 Å². The number of hydrogen-bond donors (Lipinski definition) is 1. The Kier molecular flexibility index (Phi) is 5.15. The SMILES string of the molecule is CCCc1nnsc1C(=O)N1CC[C@@]2(CCCN(CCO)C2=O)C1. The summed E-state index contributed by atoms with van der Waals surface area (Å²) < 4.78 is 3.93. The first-order valence-electron chi connectivity index (χ1n) is 8.62. The predicted molar refractivity (Wildman–Crippen MR) is 89.8 cm³/mol. The largest absolute Gasteiger partial charge is 0.395 e. The number of aryl methyl sites for hydroxylation is 1. The van der Waals surface area contributed by atoms with Gasteiger partial charge in [-0.3, -0.25) is 9.59 Å². The molecule has 8 heteroatoms. The molecule has 2 amide bonds. The van der Waals surface area contributed by atoms with Crippen LogP contribution in [0.15, 0.2) is 0 Å². The Balaban J connectivity index is 1.73. The average molecular weight is 352 g/mol. The Morgan fingerprint density at radius 3 is 2.96 bits per heavy atom. The zero-order valence-corrected chi connectivity index (χ0v) is 14.8. The molecule has 1 atom stereocenters. The summed E-state index contributed by atoms with van der Waals surface area (Å²) in [5, 5.41) is 13.2. The Hall–Kier alpha value is -1.54. The van der Waals surface area contributed by atoms with E-state index in [1.807, 2.05) is 0 Å². The standard InChI is InChI=1S/C16H24N4O3S/c1-2-4-12-13(24-18-17-12)14(22)20-8-6-16(11-20)5-3-7-19(9-10-21)15(16)23/h21H,2-11H2,1H3/t16-/m0/s1. The Morgan fingerprint density at radius 2 is 2.21 bits per heavy atom. The quantitative estimate of drug-likeness (QED) is 0.852. The fraction of sp³-hybridized carbons (Fsp3) is 0.750. The molecule has 24 heavy (non-hydrogen) atoms. The molecule has 3 heterocycles. The van der Waals surface area contributed by atoms with Crippen molar-refractivity contribution in [2.75, 3.05) is 32.8 Å². The van der Waals surface area contributed by atoms with Crippen LogP contribution >= 0.6 is 11.5 Å². The highest BCUT2D eigenvalue weighted by atomic mass is 32.1. The van der Waals surface area contributed by atoms with Gasteiger partial charge in [-0.15, -0.1) is 5.10 Å². The van der Waals surface area contributed by atoms with Gasteiger partial charge >= 0.3 is 0 Å². The lowest BCUT2D eigenvalue weighted by Gasteiger charge is -2.39. The summed E-state index contributed by atoms with van der Waals surface area (Å²) in [5.74, 6) is 0.0479. The van der Waals surface area contributed by atoms with E-state index in [1.165, 1.54) is 0 Å².